The number of pyridine rings is 1. The van der Waals surface area contributed by atoms with E-state index in [9.17, 15) is 9.18 Å². The number of halogens is 2. The number of hydrogen-bond donors (Lipinski definition) is 2. The number of nitrogens with one attached hydrogen (secondary N) is 2. The van der Waals surface area contributed by atoms with E-state index in [4.69, 9.17) is 16.3 Å². The summed E-state index contributed by atoms with van der Waals surface area (Å²) in [7, 11) is 1.57. The summed E-state index contributed by atoms with van der Waals surface area (Å²) in [4.78, 5) is 19.4. The Labute approximate surface area is 191 Å². The molecule has 0 unspecified atom stereocenters. The van der Waals surface area contributed by atoms with Crippen LogP contribution in [0.1, 0.15) is 25.7 Å². The predicted octanol–water partition coefficient (Wildman–Crippen LogP) is 5.59. The smallest absolute Gasteiger partial charge is 0.225 e. The molecule has 2 heterocycles. The fourth-order valence-electron chi connectivity index (χ4n) is 3.93. The standard InChI is InChI=1S/C24H26ClFN4O2/c1-32-22-13-16-7-9-27-24(28-17-5-6-20(26)19(25)14-17)18(16)15-21(22)29-23(31)8-12-30-10-3-2-4-11-30/h5-7,9,13-15H,2-4,8,10-12H2,1H3,(H,27,28)(H,29,31). The summed E-state index contributed by atoms with van der Waals surface area (Å²) in [6, 6.07) is 9.96. The van der Waals surface area contributed by atoms with Gasteiger partial charge in [0, 0.05) is 30.2 Å². The second kappa shape index (κ2) is 10.1. The third-order valence-corrected chi connectivity index (χ3v) is 5.93. The minimum Gasteiger partial charge on any atom is -0.495 e. The fraction of sp³-hybridized carbons (Fsp3) is 0.333. The molecule has 0 atom stereocenters. The summed E-state index contributed by atoms with van der Waals surface area (Å²) in [5.41, 5.74) is 1.19. The van der Waals surface area contributed by atoms with Crippen LogP contribution in [0.2, 0.25) is 5.02 Å². The highest BCUT2D eigenvalue weighted by Crippen LogP contribution is 2.34. The van der Waals surface area contributed by atoms with Crippen molar-refractivity contribution in [3.05, 3.63) is 53.4 Å². The molecule has 0 radical (unpaired) electrons. The molecule has 2 aromatic carbocycles. The number of fused-ring (bicyclic) bond motifs is 1. The summed E-state index contributed by atoms with van der Waals surface area (Å²) in [5, 5.41) is 7.87. The maximum atomic E-state index is 13.5. The molecule has 6 nitrogen and oxygen atoms in total. The van der Waals surface area contributed by atoms with Gasteiger partial charge < -0.3 is 20.3 Å². The number of ether oxygens (including phenoxy) is 1. The highest BCUT2D eigenvalue weighted by molar-refractivity contribution is 6.31. The van der Waals surface area contributed by atoms with Gasteiger partial charge >= 0.3 is 0 Å². The number of nitrogens with zero attached hydrogens (tertiary/aromatic N) is 2. The Bertz CT molecular complexity index is 1120. The first kappa shape index (κ1) is 22.3. The number of carbonyl (C=O) groups is 1. The predicted molar refractivity (Wildman–Crippen MR) is 127 cm³/mol. The van der Waals surface area contributed by atoms with Crippen molar-refractivity contribution in [2.45, 2.75) is 25.7 Å². The van der Waals surface area contributed by atoms with Crippen molar-refractivity contribution in [3.63, 3.8) is 0 Å². The molecule has 3 aromatic rings. The number of rotatable bonds is 7. The van der Waals surface area contributed by atoms with Crippen molar-refractivity contribution < 1.29 is 13.9 Å². The lowest BCUT2D eigenvalue weighted by molar-refractivity contribution is -0.116. The monoisotopic (exact) mass is 456 g/mol. The van der Waals surface area contributed by atoms with Crippen molar-refractivity contribution >= 4 is 45.5 Å². The zero-order valence-corrected chi connectivity index (χ0v) is 18.7. The van der Waals surface area contributed by atoms with Crippen LogP contribution >= 0.6 is 11.6 Å². The van der Waals surface area contributed by atoms with Crippen molar-refractivity contribution in [2.24, 2.45) is 0 Å². The lowest BCUT2D eigenvalue weighted by Gasteiger charge is -2.26. The Morgan fingerprint density at radius 3 is 2.75 bits per heavy atom. The normalized spacial score (nSPS) is 14.3. The van der Waals surface area contributed by atoms with E-state index in [2.05, 4.69) is 20.5 Å². The van der Waals surface area contributed by atoms with Crippen LogP contribution < -0.4 is 15.4 Å². The molecule has 8 heteroatoms. The number of hydrogen-bond acceptors (Lipinski definition) is 5. The van der Waals surface area contributed by atoms with E-state index in [0.717, 1.165) is 30.4 Å². The molecule has 0 spiro atoms. The molecule has 2 N–H and O–H groups in total. The second-order valence-corrected chi connectivity index (χ2v) is 8.29. The Hall–Kier alpha value is -2.90. The summed E-state index contributed by atoms with van der Waals surface area (Å²) < 4.78 is 19.0. The molecule has 1 aliphatic heterocycles. The average Bonchev–Trinajstić information content (AvgIpc) is 2.81. The zero-order valence-electron chi connectivity index (χ0n) is 18.0. The SMILES string of the molecule is COc1cc2ccnc(Nc3ccc(F)c(Cl)c3)c2cc1NC(=O)CCN1CCCCC1. The molecule has 1 aromatic heterocycles. The van der Waals surface area contributed by atoms with Gasteiger partial charge in [-0.25, -0.2) is 9.37 Å². The number of amides is 1. The van der Waals surface area contributed by atoms with Crippen molar-refractivity contribution in [1.29, 1.82) is 0 Å². The first-order valence-electron chi connectivity index (χ1n) is 10.7. The van der Waals surface area contributed by atoms with Crippen LogP contribution in [0.5, 0.6) is 5.75 Å². The fourth-order valence-corrected chi connectivity index (χ4v) is 4.11. The minimum atomic E-state index is -0.484. The zero-order chi connectivity index (χ0) is 22.5. The Kier molecular flexibility index (Phi) is 7.07. The Morgan fingerprint density at radius 1 is 1.19 bits per heavy atom. The number of benzene rings is 2. The van der Waals surface area contributed by atoms with E-state index < -0.39 is 5.82 Å². The highest BCUT2D eigenvalue weighted by Gasteiger charge is 2.15. The van der Waals surface area contributed by atoms with Gasteiger partial charge in [0.1, 0.15) is 17.4 Å². The molecule has 0 aliphatic carbocycles. The van der Waals surface area contributed by atoms with Gasteiger partial charge in [0.05, 0.1) is 17.8 Å². The van der Waals surface area contributed by atoms with Gasteiger partial charge in [0.15, 0.2) is 0 Å². The maximum Gasteiger partial charge on any atom is 0.225 e. The van der Waals surface area contributed by atoms with Gasteiger partial charge in [-0.1, -0.05) is 18.0 Å². The summed E-state index contributed by atoms with van der Waals surface area (Å²) >= 11 is 5.90. The number of piperidine rings is 1. The molecule has 168 valence electrons. The van der Waals surface area contributed by atoms with E-state index in [1.54, 1.807) is 19.4 Å². The molecular weight excluding hydrogens is 431 g/mol. The summed E-state index contributed by atoms with van der Waals surface area (Å²) in [5.74, 6) is 0.599. The molecule has 1 saturated heterocycles. The van der Waals surface area contributed by atoms with Crippen molar-refractivity contribution in [1.82, 2.24) is 9.88 Å². The summed E-state index contributed by atoms with van der Waals surface area (Å²) in [6.45, 7) is 2.86. The van der Waals surface area contributed by atoms with E-state index in [1.165, 1.54) is 31.4 Å². The van der Waals surface area contributed by atoms with Crippen LogP contribution in [0.15, 0.2) is 42.6 Å². The highest BCUT2D eigenvalue weighted by atomic mass is 35.5. The quantitative estimate of drug-likeness (QED) is 0.484. The third kappa shape index (κ3) is 5.29. The Morgan fingerprint density at radius 2 is 2.00 bits per heavy atom. The summed E-state index contributed by atoms with van der Waals surface area (Å²) in [6.07, 6.45) is 5.76. The molecule has 4 rings (SSSR count). The number of aromatic nitrogens is 1. The van der Waals surface area contributed by atoms with Gasteiger partial charge in [-0.3, -0.25) is 4.79 Å². The second-order valence-electron chi connectivity index (χ2n) is 7.89. The van der Waals surface area contributed by atoms with Crippen LogP contribution in [0, 0.1) is 5.82 Å². The number of likely N-dealkylation sites (tertiary alicyclic amines) is 1. The van der Waals surface area contributed by atoms with Crippen LogP contribution in [-0.2, 0) is 4.79 Å². The molecule has 32 heavy (non-hydrogen) atoms. The number of anilines is 3. The van der Waals surface area contributed by atoms with Crippen molar-refractivity contribution in [3.8, 4) is 5.75 Å². The largest absolute Gasteiger partial charge is 0.495 e. The molecular formula is C24H26ClFN4O2. The van der Waals surface area contributed by atoms with Crippen LogP contribution in [0.25, 0.3) is 10.8 Å². The van der Waals surface area contributed by atoms with Crippen LogP contribution in [0.4, 0.5) is 21.6 Å². The topological polar surface area (TPSA) is 66.5 Å². The first-order chi connectivity index (χ1) is 15.5. The van der Waals surface area contributed by atoms with E-state index in [1.807, 2.05) is 18.2 Å². The van der Waals surface area contributed by atoms with Gasteiger partial charge in [-0.15, -0.1) is 0 Å². The molecule has 0 saturated carbocycles. The third-order valence-electron chi connectivity index (χ3n) is 5.64. The van der Waals surface area contributed by atoms with Gasteiger partial charge in [0.2, 0.25) is 5.91 Å². The van der Waals surface area contributed by atoms with Crippen molar-refractivity contribution in [2.75, 3.05) is 37.4 Å². The molecule has 1 aliphatic rings. The Balaban J connectivity index is 1.55. The number of methoxy groups -OCH3 is 1. The van der Waals surface area contributed by atoms with Crippen LogP contribution in [0.3, 0.4) is 0 Å². The van der Waals surface area contributed by atoms with E-state index in [0.29, 0.717) is 29.4 Å². The van der Waals surface area contributed by atoms with Gasteiger partial charge in [-0.05, 0) is 67.7 Å². The van der Waals surface area contributed by atoms with Crippen LogP contribution in [-0.4, -0.2) is 42.5 Å². The van der Waals surface area contributed by atoms with E-state index >= 15 is 0 Å². The minimum absolute atomic E-state index is 0.0264. The number of carbonyl (C=O) groups excluding carboxylic acids is 1. The lowest BCUT2D eigenvalue weighted by Crippen LogP contribution is -2.32. The lowest BCUT2D eigenvalue weighted by atomic mass is 10.1. The average molecular weight is 457 g/mol. The molecule has 1 fully saturated rings. The van der Waals surface area contributed by atoms with Gasteiger partial charge in [0.25, 0.3) is 0 Å². The maximum absolute atomic E-state index is 13.5. The van der Waals surface area contributed by atoms with E-state index in [-0.39, 0.29) is 10.9 Å². The first-order valence-corrected chi connectivity index (χ1v) is 11.1. The molecule has 1 amide bonds. The van der Waals surface area contributed by atoms with Gasteiger partial charge in [-0.2, -0.15) is 0 Å². The molecule has 0 bridgehead atoms.